The Morgan fingerprint density at radius 2 is 1.62 bits per heavy atom. The fraction of sp³-hybridized carbons (Fsp3) is 0.800. The van der Waals surface area contributed by atoms with Crippen molar-refractivity contribution in [2.75, 3.05) is 27.7 Å². The lowest BCUT2D eigenvalue weighted by Gasteiger charge is -2.12. The Morgan fingerprint density at radius 1 is 1.25 bits per heavy atom. The van der Waals surface area contributed by atoms with Crippen LogP contribution in [0.5, 0.6) is 0 Å². The van der Waals surface area contributed by atoms with Gasteiger partial charge in [0.15, 0.2) is 0 Å². The Bertz CT molecular complexity index is 43.7. The zero-order chi connectivity index (χ0) is 6.41. The number of hydrogen-bond acceptors (Lipinski definition) is 3. The molecular weight excluding hydrogens is 106 g/mol. The molecule has 0 amide bonds. The average Bonchev–Trinajstić information content (AvgIpc) is 1.68. The van der Waals surface area contributed by atoms with E-state index in [-0.39, 0.29) is 0 Å². The summed E-state index contributed by atoms with van der Waals surface area (Å²) in [6, 6.07) is 0. The zero-order valence-electron chi connectivity index (χ0n) is 5.39. The first-order valence-electron chi connectivity index (χ1n) is 2.34. The lowest BCUT2D eigenvalue weighted by Crippen LogP contribution is -2.20. The first-order chi connectivity index (χ1) is 3.81. The number of hydrogen-bond donors (Lipinski definition) is 0. The van der Waals surface area contributed by atoms with Crippen LogP contribution < -0.4 is 0 Å². The molecule has 1 radical (unpaired) electrons. The van der Waals surface area contributed by atoms with Crippen molar-refractivity contribution in [3.8, 4) is 0 Å². The van der Waals surface area contributed by atoms with Crippen molar-refractivity contribution >= 4 is 0 Å². The second-order valence-corrected chi connectivity index (χ2v) is 1.51. The van der Waals surface area contributed by atoms with Crippen molar-refractivity contribution in [3.05, 3.63) is 7.05 Å². The lowest BCUT2D eigenvalue weighted by atomic mass is 10.9. The Labute approximate surface area is 50.2 Å². The summed E-state index contributed by atoms with van der Waals surface area (Å²) in [7, 11) is 6.84. The highest BCUT2D eigenvalue weighted by Gasteiger charge is 1.91. The number of ether oxygens (including phenoxy) is 2. The van der Waals surface area contributed by atoms with Crippen LogP contribution in [-0.2, 0) is 9.47 Å². The summed E-state index contributed by atoms with van der Waals surface area (Å²) in [4.78, 5) is 1.67. The van der Waals surface area contributed by atoms with Gasteiger partial charge >= 0.3 is 0 Å². The van der Waals surface area contributed by atoms with Gasteiger partial charge in [-0.15, -0.1) is 0 Å². The van der Waals surface area contributed by atoms with E-state index in [1.54, 1.807) is 19.1 Å². The number of methoxy groups -OCH3 is 2. The number of nitrogens with zero attached hydrogens (tertiary/aromatic N) is 1. The summed E-state index contributed by atoms with van der Waals surface area (Å²) in [6.07, 6.45) is 0. The number of rotatable bonds is 4. The third kappa shape index (κ3) is 4.05. The minimum absolute atomic E-state index is 0.508. The van der Waals surface area contributed by atoms with Gasteiger partial charge in [0.2, 0.25) is 0 Å². The predicted octanol–water partition coefficient (Wildman–Crippen LogP) is 0.288. The van der Waals surface area contributed by atoms with E-state index in [2.05, 4.69) is 7.05 Å². The molecule has 8 heavy (non-hydrogen) atoms. The van der Waals surface area contributed by atoms with E-state index in [4.69, 9.17) is 9.47 Å². The molecule has 0 saturated heterocycles. The molecule has 0 rings (SSSR count). The molecule has 0 fully saturated rings. The van der Waals surface area contributed by atoms with Gasteiger partial charge in [-0.3, -0.25) is 4.90 Å². The molecule has 0 aliphatic rings. The molecule has 0 saturated carbocycles. The largest absolute Gasteiger partial charge is 0.369 e. The van der Waals surface area contributed by atoms with Crippen LogP contribution in [0.1, 0.15) is 0 Å². The summed E-state index contributed by atoms with van der Waals surface area (Å²) in [5.74, 6) is 0. The molecule has 49 valence electrons. The third-order valence-corrected chi connectivity index (χ3v) is 0.623. The SMILES string of the molecule is [CH2]N(COC)COC. The van der Waals surface area contributed by atoms with E-state index in [9.17, 15) is 0 Å². The maximum Gasteiger partial charge on any atom is 0.100 e. The van der Waals surface area contributed by atoms with Gasteiger partial charge in [-0.1, -0.05) is 0 Å². The third-order valence-electron chi connectivity index (χ3n) is 0.623. The van der Waals surface area contributed by atoms with Crippen molar-refractivity contribution in [2.24, 2.45) is 0 Å². The highest BCUT2D eigenvalue weighted by Crippen LogP contribution is 1.81. The minimum Gasteiger partial charge on any atom is -0.369 e. The zero-order valence-corrected chi connectivity index (χ0v) is 5.39. The van der Waals surface area contributed by atoms with Gasteiger partial charge in [0.1, 0.15) is 13.5 Å². The van der Waals surface area contributed by atoms with E-state index in [0.717, 1.165) is 0 Å². The molecule has 0 atom stereocenters. The summed E-state index contributed by atoms with van der Waals surface area (Å²) in [5, 5.41) is 0. The first kappa shape index (κ1) is 7.88. The fourth-order valence-electron chi connectivity index (χ4n) is 0.402. The van der Waals surface area contributed by atoms with Gasteiger partial charge in [-0.25, -0.2) is 0 Å². The summed E-state index contributed by atoms with van der Waals surface area (Å²) in [6.45, 7) is 1.02. The quantitative estimate of drug-likeness (QED) is 0.495. The van der Waals surface area contributed by atoms with E-state index < -0.39 is 0 Å². The smallest absolute Gasteiger partial charge is 0.100 e. The molecule has 0 heterocycles. The van der Waals surface area contributed by atoms with Crippen LogP contribution in [0.3, 0.4) is 0 Å². The van der Waals surface area contributed by atoms with Crippen molar-refractivity contribution < 1.29 is 9.47 Å². The van der Waals surface area contributed by atoms with Gasteiger partial charge < -0.3 is 9.47 Å². The molecule has 0 aromatic carbocycles. The van der Waals surface area contributed by atoms with Crippen LogP contribution in [0, 0.1) is 7.05 Å². The topological polar surface area (TPSA) is 21.7 Å². The van der Waals surface area contributed by atoms with Crippen LogP contribution in [0.2, 0.25) is 0 Å². The van der Waals surface area contributed by atoms with Gasteiger partial charge in [-0.2, -0.15) is 0 Å². The Hall–Kier alpha value is -0.120. The van der Waals surface area contributed by atoms with Crippen LogP contribution in [0.25, 0.3) is 0 Å². The normalized spacial score (nSPS) is 10.5. The molecule has 3 heteroatoms. The van der Waals surface area contributed by atoms with Crippen molar-refractivity contribution in [2.45, 2.75) is 0 Å². The van der Waals surface area contributed by atoms with Crippen molar-refractivity contribution in [1.29, 1.82) is 0 Å². The fourth-order valence-corrected chi connectivity index (χ4v) is 0.402. The monoisotopic (exact) mass is 118 g/mol. The maximum absolute atomic E-state index is 4.74. The summed E-state index contributed by atoms with van der Waals surface area (Å²) < 4.78 is 9.48. The van der Waals surface area contributed by atoms with E-state index >= 15 is 0 Å². The van der Waals surface area contributed by atoms with E-state index in [0.29, 0.717) is 13.5 Å². The van der Waals surface area contributed by atoms with Crippen LogP contribution in [0.4, 0.5) is 0 Å². The van der Waals surface area contributed by atoms with Crippen LogP contribution >= 0.6 is 0 Å². The van der Waals surface area contributed by atoms with Gasteiger partial charge in [0.25, 0.3) is 0 Å². The first-order valence-corrected chi connectivity index (χ1v) is 2.34. The van der Waals surface area contributed by atoms with Gasteiger partial charge in [-0.05, 0) is 0 Å². The molecular formula is C5H12NO2. The van der Waals surface area contributed by atoms with Crippen LogP contribution in [0.15, 0.2) is 0 Å². The molecule has 0 bridgehead atoms. The predicted molar refractivity (Wildman–Crippen MR) is 30.9 cm³/mol. The summed E-state index contributed by atoms with van der Waals surface area (Å²) in [5.41, 5.74) is 0. The molecule has 3 nitrogen and oxygen atoms in total. The highest BCUT2D eigenvalue weighted by molar-refractivity contribution is 4.36. The Kier molecular flexibility index (Phi) is 4.95. The molecule has 0 N–H and O–H groups in total. The molecule has 0 unspecified atom stereocenters. The molecule has 0 aliphatic heterocycles. The second-order valence-electron chi connectivity index (χ2n) is 1.51. The van der Waals surface area contributed by atoms with E-state index in [1.807, 2.05) is 0 Å². The molecule has 0 aromatic heterocycles. The second kappa shape index (κ2) is 5.03. The average molecular weight is 118 g/mol. The van der Waals surface area contributed by atoms with Gasteiger partial charge in [0, 0.05) is 21.3 Å². The summed E-state index contributed by atoms with van der Waals surface area (Å²) >= 11 is 0. The van der Waals surface area contributed by atoms with Crippen LogP contribution in [-0.4, -0.2) is 32.6 Å². The Balaban J connectivity index is 2.92. The minimum atomic E-state index is 0.508. The van der Waals surface area contributed by atoms with Crippen molar-refractivity contribution in [3.63, 3.8) is 0 Å². The maximum atomic E-state index is 4.74. The van der Waals surface area contributed by atoms with E-state index in [1.165, 1.54) is 0 Å². The lowest BCUT2D eigenvalue weighted by molar-refractivity contribution is 0.0154. The standard InChI is InChI=1S/C5H12NO2/c1-6(4-7-2)5-8-3/h1,4-5H2,2-3H3. The molecule has 0 spiro atoms. The highest BCUT2D eigenvalue weighted by atomic mass is 16.5. The molecule has 0 aliphatic carbocycles. The Morgan fingerprint density at radius 3 is 1.88 bits per heavy atom. The molecule has 0 aromatic rings. The van der Waals surface area contributed by atoms with Crippen molar-refractivity contribution in [1.82, 2.24) is 4.90 Å². The van der Waals surface area contributed by atoms with Gasteiger partial charge in [0.05, 0.1) is 0 Å².